The van der Waals surface area contributed by atoms with Crippen LogP contribution in [0, 0.1) is 0 Å². The van der Waals surface area contributed by atoms with Gasteiger partial charge in [-0.05, 0) is 128 Å². The third kappa shape index (κ3) is 62.5. The fourth-order valence-corrected chi connectivity index (χ4v) is 8.69. The number of esters is 3. The van der Waals surface area contributed by atoms with Gasteiger partial charge >= 0.3 is 17.9 Å². The van der Waals surface area contributed by atoms with Crippen molar-refractivity contribution in [3.05, 3.63) is 122 Å². The molecule has 0 radical (unpaired) electrons. The predicted molar refractivity (Wildman–Crippen MR) is 334 cm³/mol. The van der Waals surface area contributed by atoms with E-state index in [4.69, 9.17) is 14.2 Å². The van der Waals surface area contributed by atoms with Crippen LogP contribution < -0.4 is 0 Å². The molecule has 0 N–H and O–H groups in total. The number of hydrogen-bond donors (Lipinski definition) is 0. The summed E-state index contributed by atoms with van der Waals surface area (Å²) >= 11 is 0. The van der Waals surface area contributed by atoms with Gasteiger partial charge in [0.25, 0.3) is 0 Å². The van der Waals surface area contributed by atoms with Gasteiger partial charge in [-0.3, -0.25) is 14.4 Å². The molecule has 1 unspecified atom stereocenters. The summed E-state index contributed by atoms with van der Waals surface area (Å²) in [7, 11) is 0. The Labute approximate surface area is 475 Å². The summed E-state index contributed by atoms with van der Waals surface area (Å²) in [6, 6.07) is 0. The molecule has 0 aliphatic heterocycles. The highest BCUT2D eigenvalue weighted by Crippen LogP contribution is 2.15. The number of carbonyl (C=O) groups excluding carboxylic acids is 3. The van der Waals surface area contributed by atoms with Gasteiger partial charge in [0, 0.05) is 19.3 Å². The Morgan fingerprint density at radius 1 is 0.273 bits per heavy atom. The average molecular weight is 1070 g/mol. The van der Waals surface area contributed by atoms with Crippen LogP contribution in [0.15, 0.2) is 122 Å². The molecule has 1 atom stereocenters. The van der Waals surface area contributed by atoms with Gasteiger partial charge in [-0.15, -0.1) is 0 Å². The molecule has 0 aliphatic rings. The van der Waals surface area contributed by atoms with E-state index in [9.17, 15) is 14.4 Å². The largest absolute Gasteiger partial charge is 0.462 e. The van der Waals surface area contributed by atoms with Crippen molar-refractivity contribution in [2.24, 2.45) is 0 Å². The zero-order chi connectivity index (χ0) is 55.7. The van der Waals surface area contributed by atoms with E-state index in [-0.39, 0.29) is 31.1 Å². The maximum Gasteiger partial charge on any atom is 0.306 e. The Bertz CT molecular complexity index is 1600. The lowest BCUT2D eigenvalue weighted by atomic mass is 10.1. The first-order valence-corrected chi connectivity index (χ1v) is 32.0. The summed E-state index contributed by atoms with van der Waals surface area (Å²) in [6.45, 7) is 6.39. The second kappa shape index (κ2) is 64.3. The molecular formula is C71H118O6. The van der Waals surface area contributed by atoms with Crippen LogP contribution in [0.5, 0.6) is 0 Å². The molecule has 0 saturated carbocycles. The third-order valence-electron chi connectivity index (χ3n) is 13.4. The fraction of sp³-hybridized carbons (Fsp3) is 0.676. The van der Waals surface area contributed by atoms with Crippen LogP contribution >= 0.6 is 0 Å². The van der Waals surface area contributed by atoms with Gasteiger partial charge in [0.15, 0.2) is 6.10 Å². The lowest BCUT2D eigenvalue weighted by Crippen LogP contribution is -2.30. The van der Waals surface area contributed by atoms with Crippen molar-refractivity contribution >= 4 is 17.9 Å². The van der Waals surface area contributed by atoms with Gasteiger partial charge in [0.2, 0.25) is 0 Å². The Morgan fingerprint density at radius 3 is 0.792 bits per heavy atom. The molecule has 0 amide bonds. The topological polar surface area (TPSA) is 78.9 Å². The summed E-state index contributed by atoms with van der Waals surface area (Å²) < 4.78 is 16.9. The fourth-order valence-electron chi connectivity index (χ4n) is 8.69. The first-order valence-electron chi connectivity index (χ1n) is 32.0. The lowest BCUT2D eigenvalue weighted by molar-refractivity contribution is -0.167. The first kappa shape index (κ1) is 72.8. The SMILES string of the molecule is CC/C=C\C/C=C\C/C=C\C/C=C\CCCCCCC(=O)OC(COC(=O)CCCCCCCCC/C=C\C/C=C\C/C=C\CC)COC(=O)CCCCCCCCCCCC/C=C\C/C=C\C/C=C\CCCCCCC. The summed E-state index contributed by atoms with van der Waals surface area (Å²) in [5.74, 6) is -0.929. The molecule has 0 rings (SSSR count). The molecule has 6 heteroatoms. The highest BCUT2D eigenvalue weighted by molar-refractivity contribution is 5.71. The van der Waals surface area contributed by atoms with Gasteiger partial charge in [-0.2, -0.15) is 0 Å². The van der Waals surface area contributed by atoms with Crippen molar-refractivity contribution in [3.63, 3.8) is 0 Å². The van der Waals surface area contributed by atoms with Crippen LogP contribution in [0.2, 0.25) is 0 Å². The highest BCUT2D eigenvalue weighted by Gasteiger charge is 2.19. The molecule has 0 bridgehead atoms. The normalized spacial score (nSPS) is 12.9. The average Bonchev–Trinajstić information content (AvgIpc) is 3.43. The van der Waals surface area contributed by atoms with E-state index in [1.807, 2.05) is 0 Å². The van der Waals surface area contributed by atoms with Gasteiger partial charge in [-0.25, -0.2) is 0 Å². The van der Waals surface area contributed by atoms with Crippen LogP contribution in [0.4, 0.5) is 0 Å². The second-order valence-corrected chi connectivity index (χ2v) is 20.9. The smallest absolute Gasteiger partial charge is 0.306 e. The number of carbonyl (C=O) groups is 3. The van der Waals surface area contributed by atoms with Crippen LogP contribution in [0.3, 0.4) is 0 Å². The van der Waals surface area contributed by atoms with E-state index < -0.39 is 6.10 Å². The number of allylic oxidation sites excluding steroid dienone is 20. The Kier molecular flexibility index (Phi) is 60.8. The van der Waals surface area contributed by atoms with E-state index in [2.05, 4.69) is 142 Å². The van der Waals surface area contributed by atoms with Crippen LogP contribution in [0.1, 0.15) is 290 Å². The van der Waals surface area contributed by atoms with Crippen molar-refractivity contribution in [3.8, 4) is 0 Å². The van der Waals surface area contributed by atoms with Crippen molar-refractivity contribution in [2.75, 3.05) is 13.2 Å². The van der Waals surface area contributed by atoms with Crippen molar-refractivity contribution in [2.45, 2.75) is 297 Å². The quantitative estimate of drug-likeness (QED) is 0.0261. The van der Waals surface area contributed by atoms with E-state index in [0.29, 0.717) is 19.3 Å². The number of rotatable bonds is 57. The molecule has 0 heterocycles. The standard InChI is InChI=1S/C71H118O6/c1-4-7-10-13-16-19-22-25-28-31-32-33-34-35-36-37-38-41-43-46-49-52-55-58-61-64-70(73)76-67-68(77-71(74)65-62-59-56-53-50-47-44-40-30-27-24-21-18-15-12-9-6-3)66-75-69(72)63-60-57-54-51-48-45-42-39-29-26-23-20-17-14-11-8-5-2/h8-9,11-12,17-18,20-22,25-27,29-32,34-35,44,47,68H,4-7,10,13-16,19,23-24,28,33,36-43,45-46,48-67H2,1-3H3/b11-8-,12-9-,20-17-,21-18-,25-22-,29-26-,30-27-,32-31-,35-34-,47-44-. The zero-order valence-electron chi connectivity index (χ0n) is 50.2. The zero-order valence-corrected chi connectivity index (χ0v) is 50.2. The minimum atomic E-state index is -0.802. The second-order valence-electron chi connectivity index (χ2n) is 20.9. The summed E-state index contributed by atoms with van der Waals surface area (Å²) in [5.41, 5.74) is 0. The van der Waals surface area contributed by atoms with E-state index >= 15 is 0 Å². The molecule has 0 aromatic carbocycles. The monoisotopic (exact) mass is 1070 g/mol. The van der Waals surface area contributed by atoms with E-state index in [0.717, 1.165) is 135 Å². The highest BCUT2D eigenvalue weighted by atomic mass is 16.6. The van der Waals surface area contributed by atoms with Crippen molar-refractivity contribution < 1.29 is 28.6 Å². The van der Waals surface area contributed by atoms with Gasteiger partial charge in [0.1, 0.15) is 13.2 Å². The number of hydrogen-bond acceptors (Lipinski definition) is 6. The molecule has 0 spiro atoms. The maximum atomic E-state index is 12.9. The minimum absolute atomic E-state index is 0.0957. The number of ether oxygens (including phenoxy) is 3. The summed E-state index contributed by atoms with van der Waals surface area (Å²) in [6.07, 6.45) is 89.1. The van der Waals surface area contributed by atoms with Gasteiger partial charge < -0.3 is 14.2 Å². The van der Waals surface area contributed by atoms with Gasteiger partial charge in [-0.1, -0.05) is 264 Å². The van der Waals surface area contributed by atoms with Crippen LogP contribution in [0.25, 0.3) is 0 Å². The van der Waals surface area contributed by atoms with Crippen molar-refractivity contribution in [1.82, 2.24) is 0 Å². The van der Waals surface area contributed by atoms with Crippen LogP contribution in [-0.4, -0.2) is 37.2 Å². The van der Waals surface area contributed by atoms with Crippen molar-refractivity contribution in [1.29, 1.82) is 0 Å². The van der Waals surface area contributed by atoms with E-state index in [1.54, 1.807) is 0 Å². The number of unbranched alkanes of at least 4 members (excludes halogenated alkanes) is 26. The first-order chi connectivity index (χ1) is 38.0. The third-order valence-corrected chi connectivity index (χ3v) is 13.4. The molecular weight excluding hydrogens is 949 g/mol. The molecule has 0 aliphatic carbocycles. The molecule has 0 fully saturated rings. The Balaban J connectivity index is 4.40. The Morgan fingerprint density at radius 2 is 0.506 bits per heavy atom. The van der Waals surface area contributed by atoms with Crippen LogP contribution in [-0.2, 0) is 28.6 Å². The minimum Gasteiger partial charge on any atom is -0.462 e. The Hall–Kier alpha value is -4.19. The molecule has 0 aromatic rings. The van der Waals surface area contributed by atoms with Gasteiger partial charge in [0.05, 0.1) is 0 Å². The summed E-state index contributed by atoms with van der Waals surface area (Å²) in [5, 5.41) is 0. The lowest BCUT2D eigenvalue weighted by Gasteiger charge is -2.18. The molecule has 438 valence electrons. The summed E-state index contributed by atoms with van der Waals surface area (Å²) in [4.78, 5) is 38.3. The molecule has 6 nitrogen and oxygen atoms in total. The molecule has 77 heavy (non-hydrogen) atoms. The molecule has 0 saturated heterocycles. The van der Waals surface area contributed by atoms with E-state index in [1.165, 1.54) is 116 Å². The maximum absolute atomic E-state index is 12.9. The predicted octanol–water partition coefficient (Wildman–Crippen LogP) is 22.0. The molecule has 0 aromatic heterocycles.